The van der Waals surface area contributed by atoms with Crippen molar-refractivity contribution in [1.29, 1.82) is 0 Å². The molecule has 0 saturated carbocycles. The van der Waals surface area contributed by atoms with Gasteiger partial charge in [0.25, 0.3) is 11.7 Å². The van der Waals surface area contributed by atoms with Crippen LogP contribution >= 0.6 is 0 Å². The number of aromatic nitrogens is 1. The van der Waals surface area contributed by atoms with Gasteiger partial charge >= 0.3 is 18.0 Å². The maximum Gasteiger partial charge on any atom is 0.408 e. The number of rotatable bonds is 4. The summed E-state index contributed by atoms with van der Waals surface area (Å²) in [7, 11) is 1.88. The monoisotopic (exact) mass is 652 g/mol. The third kappa shape index (κ3) is 6.62. The Hall–Kier alpha value is -2.96. The molecule has 0 radical (unpaired) electrons. The Morgan fingerprint density at radius 3 is 2.33 bits per heavy atom. The summed E-state index contributed by atoms with van der Waals surface area (Å²) in [5.41, 5.74) is -0.198. The predicted molar refractivity (Wildman–Crippen MR) is 139 cm³/mol. The maximum atomic E-state index is 13.3. The first-order chi connectivity index (χ1) is 17.7. The number of carbonyl (C=O) groups is 4. The number of amides is 3. The van der Waals surface area contributed by atoms with Crippen molar-refractivity contribution in [3.63, 3.8) is 0 Å². The Balaban J connectivity index is 0.00000420. The summed E-state index contributed by atoms with van der Waals surface area (Å²) in [6, 6.07) is 4.46. The van der Waals surface area contributed by atoms with Crippen molar-refractivity contribution in [2.75, 3.05) is 11.4 Å². The largest absolute Gasteiger partial charge is 1.00 e. The van der Waals surface area contributed by atoms with Crippen LogP contribution in [0, 0.1) is 0 Å². The minimum absolute atomic E-state index is 0. The normalized spacial score (nSPS) is 22.3. The molecular weight excluding hydrogens is 615 g/mol. The molecule has 4 rings (SSSR count). The van der Waals surface area contributed by atoms with Crippen LogP contribution in [-0.2, 0) is 30.9 Å². The van der Waals surface area contributed by atoms with Gasteiger partial charge in [-0.05, 0) is 72.1 Å². The fourth-order valence-electron chi connectivity index (χ4n) is 4.95. The van der Waals surface area contributed by atoms with E-state index in [9.17, 15) is 19.2 Å². The number of halogens is 1. The van der Waals surface area contributed by atoms with E-state index in [2.05, 4.69) is 5.32 Å². The van der Waals surface area contributed by atoms with Gasteiger partial charge in [0.2, 0.25) is 0 Å². The first kappa shape index (κ1) is 30.6. The molecular formula is C28H37IN4O6. The van der Waals surface area contributed by atoms with Gasteiger partial charge in [0.1, 0.15) is 22.9 Å². The van der Waals surface area contributed by atoms with Crippen molar-refractivity contribution in [2.45, 2.75) is 84.1 Å². The molecule has 1 aromatic heterocycles. The van der Waals surface area contributed by atoms with Crippen molar-refractivity contribution < 1.29 is 57.2 Å². The Morgan fingerprint density at radius 1 is 1.05 bits per heavy atom. The number of aryl methyl sites for hydroxylation is 1. The zero-order chi connectivity index (χ0) is 28.0. The van der Waals surface area contributed by atoms with Crippen molar-refractivity contribution >= 4 is 29.7 Å². The van der Waals surface area contributed by atoms with Gasteiger partial charge in [-0.15, -0.1) is 0 Å². The molecule has 2 saturated heterocycles. The number of carbonyl (C=O) groups excluding carboxylic acids is 4. The number of alkyl carbamates (subject to hydrolysis) is 1. The van der Waals surface area contributed by atoms with E-state index in [1.165, 1.54) is 4.90 Å². The summed E-state index contributed by atoms with van der Waals surface area (Å²) in [4.78, 5) is 55.3. The zero-order valence-corrected chi connectivity index (χ0v) is 25.7. The highest BCUT2D eigenvalue weighted by molar-refractivity contribution is 6.08. The molecule has 1 aromatic rings. The van der Waals surface area contributed by atoms with Gasteiger partial charge in [-0.1, -0.05) is 6.07 Å². The smallest absolute Gasteiger partial charge is 0.408 e. The highest BCUT2D eigenvalue weighted by Gasteiger charge is 2.54. The molecule has 10 nitrogen and oxygen atoms in total. The third-order valence-electron chi connectivity index (χ3n) is 6.52. The summed E-state index contributed by atoms with van der Waals surface area (Å²) in [5, 5.41) is 2.65. The Kier molecular flexibility index (Phi) is 8.83. The van der Waals surface area contributed by atoms with E-state index in [-0.39, 0.29) is 35.6 Å². The summed E-state index contributed by atoms with van der Waals surface area (Å²) in [5.74, 6) is -0.396. The lowest BCUT2D eigenvalue weighted by atomic mass is 9.83. The van der Waals surface area contributed by atoms with Gasteiger partial charge in [0.05, 0.1) is 25.8 Å². The zero-order valence-electron chi connectivity index (χ0n) is 23.5. The quantitative estimate of drug-likeness (QED) is 0.157. The SMILES string of the molecule is C[n+]1ccccc1N1CC/C(=C\C2=C(C(=O)OC(C)(C)C)N3C(=O)[C@@H](NC(=O)OC(C)(C)C)[C@H]3CC2)C1=O.[I-]. The maximum absolute atomic E-state index is 13.3. The van der Waals surface area contributed by atoms with Crippen LogP contribution in [0.25, 0.3) is 0 Å². The standard InChI is InChI=1S/C28H36N4O6.HI/c1-27(2,3)37-25(35)22-17(16-18-13-15-31(23(18)33)20-10-8-9-14-30(20)7)11-12-19-21(24(34)32(19)22)29-26(36)38-28(4,5)6;/h8-10,14,16,19,21H,11-13,15H2,1-7H3;1H/b18-16+;/t19-,21+;/m1./s1. The van der Waals surface area contributed by atoms with Crippen molar-refractivity contribution in [3.8, 4) is 0 Å². The number of ether oxygens (including phenoxy) is 2. The third-order valence-corrected chi connectivity index (χ3v) is 6.52. The lowest BCUT2D eigenvalue weighted by Gasteiger charge is -2.50. The molecule has 4 heterocycles. The summed E-state index contributed by atoms with van der Waals surface area (Å²) in [6.45, 7) is 11.0. The molecule has 212 valence electrons. The minimum Gasteiger partial charge on any atom is -1.00 e. The second-order valence-corrected chi connectivity index (χ2v) is 11.9. The Bertz CT molecular complexity index is 1240. The van der Waals surface area contributed by atoms with Gasteiger partial charge in [-0.25, -0.2) is 19.0 Å². The molecule has 3 aliphatic heterocycles. The number of hydrogen-bond donors (Lipinski definition) is 1. The first-order valence-corrected chi connectivity index (χ1v) is 12.9. The fraction of sp³-hybridized carbons (Fsp3) is 0.536. The van der Waals surface area contributed by atoms with Gasteiger partial charge in [0.15, 0.2) is 0 Å². The molecule has 0 unspecified atom stereocenters. The number of hydrogen-bond acceptors (Lipinski definition) is 6. The van der Waals surface area contributed by atoms with E-state index >= 15 is 0 Å². The van der Waals surface area contributed by atoms with Crippen LogP contribution < -0.4 is 38.8 Å². The Labute approximate surface area is 246 Å². The summed E-state index contributed by atoms with van der Waals surface area (Å²) in [6.07, 6.45) is 4.42. The molecule has 0 aromatic carbocycles. The number of pyridine rings is 1. The van der Waals surface area contributed by atoms with Gasteiger partial charge < -0.3 is 38.8 Å². The number of anilines is 1. The van der Waals surface area contributed by atoms with Crippen LogP contribution in [0.2, 0.25) is 0 Å². The summed E-state index contributed by atoms with van der Waals surface area (Å²) < 4.78 is 12.9. The molecule has 2 atom stereocenters. The highest BCUT2D eigenvalue weighted by atomic mass is 127. The highest BCUT2D eigenvalue weighted by Crippen LogP contribution is 2.39. The van der Waals surface area contributed by atoms with E-state index in [4.69, 9.17) is 9.47 Å². The first-order valence-electron chi connectivity index (χ1n) is 12.9. The lowest BCUT2D eigenvalue weighted by Crippen LogP contribution is -3.00. The molecule has 0 spiro atoms. The van der Waals surface area contributed by atoms with E-state index in [1.807, 2.05) is 36.0 Å². The lowest BCUT2D eigenvalue weighted by molar-refractivity contribution is -0.658. The number of fused-ring (bicyclic) bond motifs is 1. The van der Waals surface area contributed by atoms with Crippen LogP contribution in [0.3, 0.4) is 0 Å². The van der Waals surface area contributed by atoms with Gasteiger partial charge in [0, 0.05) is 18.1 Å². The predicted octanol–water partition coefficient (Wildman–Crippen LogP) is -0.328. The Morgan fingerprint density at radius 2 is 1.72 bits per heavy atom. The molecule has 0 bridgehead atoms. The number of esters is 1. The average molecular weight is 653 g/mol. The number of β-lactam (4-membered cyclic amide) rings is 1. The number of nitrogens with one attached hydrogen (secondary N) is 1. The van der Waals surface area contributed by atoms with Crippen LogP contribution in [-0.4, -0.2) is 58.6 Å². The van der Waals surface area contributed by atoms with Crippen molar-refractivity contribution in [2.24, 2.45) is 7.05 Å². The molecule has 0 aliphatic carbocycles. The average Bonchev–Trinajstić information content (AvgIpc) is 3.15. The minimum atomic E-state index is -0.793. The topological polar surface area (TPSA) is 109 Å². The molecule has 3 amide bonds. The van der Waals surface area contributed by atoms with Crippen LogP contribution in [0.5, 0.6) is 0 Å². The number of nitrogens with zero attached hydrogens (tertiary/aromatic N) is 3. The van der Waals surface area contributed by atoms with E-state index < -0.39 is 41.3 Å². The molecule has 2 fully saturated rings. The van der Waals surface area contributed by atoms with Gasteiger partial charge in [-0.3, -0.25) is 9.69 Å². The molecule has 3 aliphatic rings. The van der Waals surface area contributed by atoms with E-state index in [0.717, 1.165) is 5.82 Å². The fourth-order valence-corrected chi connectivity index (χ4v) is 4.95. The summed E-state index contributed by atoms with van der Waals surface area (Å²) >= 11 is 0. The van der Waals surface area contributed by atoms with Crippen LogP contribution in [0.15, 0.2) is 47.3 Å². The van der Waals surface area contributed by atoms with Crippen molar-refractivity contribution in [1.82, 2.24) is 10.2 Å². The van der Waals surface area contributed by atoms with E-state index in [1.54, 1.807) is 52.5 Å². The molecule has 1 N–H and O–H groups in total. The van der Waals surface area contributed by atoms with Gasteiger partial charge in [-0.2, -0.15) is 4.90 Å². The van der Waals surface area contributed by atoms with Crippen LogP contribution in [0.1, 0.15) is 60.8 Å². The second-order valence-electron chi connectivity index (χ2n) is 11.9. The van der Waals surface area contributed by atoms with Crippen molar-refractivity contribution in [3.05, 3.63) is 47.3 Å². The number of allylic oxidation sites excluding steroid dienone is 2. The molecule has 11 heteroatoms. The second kappa shape index (κ2) is 11.3. The van der Waals surface area contributed by atoms with E-state index in [0.29, 0.717) is 37.0 Å². The molecule has 39 heavy (non-hydrogen) atoms. The van der Waals surface area contributed by atoms with Crippen LogP contribution in [0.4, 0.5) is 10.6 Å².